The molecule has 1 aromatic carbocycles. The van der Waals surface area contributed by atoms with Crippen molar-refractivity contribution in [3.05, 3.63) is 41.0 Å². The highest BCUT2D eigenvalue weighted by Gasteiger charge is 2.21. The molecule has 104 valence electrons. The van der Waals surface area contributed by atoms with Gasteiger partial charge in [-0.2, -0.15) is 5.26 Å². The number of hydrogen-bond donors (Lipinski definition) is 0. The molecular weight excluding hydrogens is 248 g/mol. The lowest BCUT2D eigenvalue weighted by molar-refractivity contribution is -0.125. The average Bonchev–Trinajstić information content (AvgIpc) is 2.98. The van der Waals surface area contributed by atoms with Crippen molar-refractivity contribution in [2.24, 2.45) is 0 Å². The van der Waals surface area contributed by atoms with E-state index in [0.29, 0.717) is 5.92 Å². The molecule has 1 aliphatic rings. The van der Waals surface area contributed by atoms with Crippen LogP contribution in [0.2, 0.25) is 0 Å². The van der Waals surface area contributed by atoms with Crippen LogP contribution < -0.4 is 0 Å². The molecule has 0 spiro atoms. The first-order chi connectivity index (χ1) is 9.61. The third-order valence-corrected chi connectivity index (χ3v) is 3.66. The van der Waals surface area contributed by atoms with E-state index in [2.05, 4.69) is 13.8 Å². The number of likely N-dealkylation sites (tertiary alicyclic amines) is 1. The van der Waals surface area contributed by atoms with E-state index in [1.807, 2.05) is 30.3 Å². The summed E-state index contributed by atoms with van der Waals surface area (Å²) in [7, 11) is 0. The van der Waals surface area contributed by atoms with E-state index in [1.54, 1.807) is 11.0 Å². The van der Waals surface area contributed by atoms with Gasteiger partial charge >= 0.3 is 0 Å². The van der Waals surface area contributed by atoms with Crippen molar-refractivity contribution < 1.29 is 4.79 Å². The summed E-state index contributed by atoms with van der Waals surface area (Å²) in [5.74, 6) is 0.340. The maximum Gasteiger partial charge on any atom is 0.264 e. The summed E-state index contributed by atoms with van der Waals surface area (Å²) >= 11 is 0. The van der Waals surface area contributed by atoms with Crippen LogP contribution in [-0.4, -0.2) is 23.9 Å². The first kappa shape index (κ1) is 14.3. The maximum absolute atomic E-state index is 12.2. The number of carbonyl (C=O) groups is 1. The van der Waals surface area contributed by atoms with Gasteiger partial charge < -0.3 is 4.90 Å². The molecule has 1 amide bonds. The second-order valence-electron chi connectivity index (χ2n) is 5.49. The number of amides is 1. The Bertz CT molecular complexity index is 543. The van der Waals surface area contributed by atoms with Gasteiger partial charge in [-0.25, -0.2) is 0 Å². The zero-order valence-corrected chi connectivity index (χ0v) is 12.1. The molecule has 1 saturated heterocycles. The summed E-state index contributed by atoms with van der Waals surface area (Å²) in [6.45, 7) is 5.82. The minimum Gasteiger partial charge on any atom is -0.338 e. The topological polar surface area (TPSA) is 44.1 Å². The molecule has 3 nitrogen and oxygen atoms in total. The number of hydrogen-bond acceptors (Lipinski definition) is 2. The molecule has 3 heteroatoms. The zero-order chi connectivity index (χ0) is 14.5. The van der Waals surface area contributed by atoms with Crippen LogP contribution in [0.25, 0.3) is 6.08 Å². The predicted octanol–water partition coefficient (Wildman–Crippen LogP) is 3.34. The summed E-state index contributed by atoms with van der Waals surface area (Å²) < 4.78 is 0. The zero-order valence-electron chi connectivity index (χ0n) is 12.1. The number of benzene rings is 1. The summed E-state index contributed by atoms with van der Waals surface area (Å²) in [6.07, 6.45) is 3.76. The van der Waals surface area contributed by atoms with Crippen LogP contribution >= 0.6 is 0 Å². The Kier molecular flexibility index (Phi) is 4.57. The van der Waals surface area contributed by atoms with Crippen LogP contribution in [0.4, 0.5) is 0 Å². The van der Waals surface area contributed by atoms with Crippen molar-refractivity contribution in [3.63, 3.8) is 0 Å². The molecule has 0 saturated carbocycles. The molecule has 1 heterocycles. The molecule has 1 fully saturated rings. The Labute approximate surface area is 120 Å². The smallest absolute Gasteiger partial charge is 0.264 e. The van der Waals surface area contributed by atoms with Crippen LogP contribution in [-0.2, 0) is 4.79 Å². The Morgan fingerprint density at radius 3 is 2.35 bits per heavy atom. The lowest BCUT2D eigenvalue weighted by Gasteiger charge is -2.14. The van der Waals surface area contributed by atoms with Gasteiger partial charge in [0, 0.05) is 13.1 Å². The average molecular weight is 268 g/mol. The van der Waals surface area contributed by atoms with E-state index < -0.39 is 0 Å². The molecule has 0 N–H and O–H groups in total. The second kappa shape index (κ2) is 6.38. The molecule has 20 heavy (non-hydrogen) atoms. The lowest BCUT2D eigenvalue weighted by Crippen LogP contribution is -2.28. The van der Waals surface area contributed by atoms with Crippen LogP contribution in [0.5, 0.6) is 0 Å². The predicted molar refractivity (Wildman–Crippen MR) is 79.9 cm³/mol. The van der Waals surface area contributed by atoms with Gasteiger partial charge in [-0.05, 0) is 36.0 Å². The van der Waals surface area contributed by atoms with Crippen molar-refractivity contribution >= 4 is 12.0 Å². The largest absolute Gasteiger partial charge is 0.338 e. The van der Waals surface area contributed by atoms with Gasteiger partial charge in [-0.15, -0.1) is 0 Å². The minimum atomic E-state index is -0.141. The van der Waals surface area contributed by atoms with Gasteiger partial charge in [0.15, 0.2) is 0 Å². The van der Waals surface area contributed by atoms with Gasteiger partial charge in [-0.3, -0.25) is 4.79 Å². The maximum atomic E-state index is 12.2. The van der Waals surface area contributed by atoms with Gasteiger partial charge in [0.05, 0.1) is 0 Å². The van der Waals surface area contributed by atoms with E-state index in [0.717, 1.165) is 31.5 Å². The van der Waals surface area contributed by atoms with Gasteiger partial charge in [0.2, 0.25) is 0 Å². The van der Waals surface area contributed by atoms with Crippen molar-refractivity contribution in [3.8, 4) is 6.07 Å². The molecule has 0 atom stereocenters. The molecular formula is C17H20N2O. The lowest BCUT2D eigenvalue weighted by atomic mass is 10.0. The Hall–Kier alpha value is -2.08. The fraction of sp³-hybridized carbons (Fsp3) is 0.412. The SMILES string of the molecule is CC(C)c1ccc(/C=C(\C#N)C(=O)N2CCCC2)cc1. The van der Waals surface area contributed by atoms with E-state index in [4.69, 9.17) is 0 Å². The third-order valence-electron chi connectivity index (χ3n) is 3.66. The normalized spacial score (nSPS) is 15.5. The van der Waals surface area contributed by atoms with Crippen molar-refractivity contribution in [2.45, 2.75) is 32.6 Å². The molecule has 1 aromatic rings. The summed E-state index contributed by atoms with van der Waals surface area (Å²) in [4.78, 5) is 14.0. The van der Waals surface area contributed by atoms with Gasteiger partial charge in [0.25, 0.3) is 5.91 Å². The summed E-state index contributed by atoms with van der Waals surface area (Å²) in [5.41, 5.74) is 2.38. The first-order valence-corrected chi connectivity index (χ1v) is 7.13. The molecule has 1 aliphatic heterocycles. The van der Waals surface area contributed by atoms with Gasteiger partial charge in [-0.1, -0.05) is 38.1 Å². The van der Waals surface area contributed by atoms with Gasteiger partial charge in [0.1, 0.15) is 11.6 Å². The molecule has 0 aliphatic carbocycles. The van der Waals surface area contributed by atoms with Crippen LogP contribution in [0.3, 0.4) is 0 Å². The highest BCUT2D eigenvalue weighted by Crippen LogP contribution is 2.17. The molecule has 0 bridgehead atoms. The van der Waals surface area contributed by atoms with E-state index in [-0.39, 0.29) is 11.5 Å². The number of nitrogens with zero attached hydrogens (tertiary/aromatic N) is 2. The molecule has 0 radical (unpaired) electrons. The first-order valence-electron chi connectivity index (χ1n) is 7.13. The van der Waals surface area contributed by atoms with Crippen LogP contribution in [0, 0.1) is 11.3 Å². The van der Waals surface area contributed by atoms with Crippen molar-refractivity contribution in [2.75, 3.05) is 13.1 Å². The number of rotatable bonds is 3. The fourth-order valence-corrected chi connectivity index (χ4v) is 2.38. The Morgan fingerprint density at radius 1 is 1.25 bits per heavy atom. The second-order valence-corrected chi connectivity index (χ2v) is 5.49. The number of nitriles is 1. The highest BCUT2D eigenvalue weighted by molar-refractivity contribution is 6.01. The van der Waals surface area contributed by atoms with E-state index in [1.165, 1.54) is 5.56 Å². The minimum absolute atomic E-state index is 0.141. The summed E-state index contributed by atoms with van der Waals surface area (Å²) in [6, 6.07) is 10.1. The van der Waals surface area contributed by atoms with Crippen LogP contribution in [0.15, 0.2) is 29.8 Å². The highest BCUT2D eigenvalue weighted by atomic mass is 16.2. The van der Waals surface area contributed by atoms with E-state index in [9.17, 15) is 10.1 Å². The standard InChI is InChI=1S/C17H20N2O/c1-13(2)15-7-5-14(6-8-15)11-16(12-18)17(20)19-9-3-4-10-19/h5-8,11,13H,3-4,9-10H2,1-2H3/b16-11+. The Morgan fingerprint density at radius 2 is 1.85 bits per heavy atom. The van der Waals surface area contributed by atoms with Crippen LogP contribution in [0.1, 0.15) is 43.7 Å². The quantitative estimate of drug-likeness (QED) is 0.623. The monoisotopic (exact) mass is 268 g/mol. The fourth-order valence-electron chi connectivity index (χ4n) is 2.38. The molecule has 0 unspecified atom stereocenters. The third kappa shape index (κ3) is 3.27. The Balaban J connectivity index is 2.18. The van der Waals surface area contributed by atoms with E-state index >= 15 is 0 Å². The van der Waals surface area contributed by atoms with Crippen molar-refractivity contribution in [1.82, 2.24) is 4.90 Å². The van der Waals surface area contributed by atoms with Crippen molar-refractivity contribution in [1.29, 1.82) is 5.26 Å². The molecule has 2 rings (SSSR count). The number of carbonyl (C=O) groups excluding carboxylic acids is 1. The molecule has 0 aromatic heterocycles. The summed E-state index contributed by atoms with van der Waals surface area (Å²) in [5, 5.41) is 9.20.